The third-order valence-corrected chi connectivity index (χ3v) is 3.23. The molecule has 0 heterocycles. The van der Waals surface area contributed by atoms with Gasteiger partial charge in [0.25, 0.3) is 0 Å². The molecule has 0 amide bonds. The molecular formula is C17H23F3N4O. The van der Waals surface area contributed by atoms with E-state index in [0.29, 0.717) is 30.0 Å². The Morgan fingerprint density at radius 2 is 1.80 bits per heavy atom. The van der Waals surface area contributed by atoms with Crippen molar-refractivity contribution < 1.29 is 17.9 Å². The van der Waals surface area contributed by atoms with Crippen molar-refractivity contribution in [2.75, 3.05) is 13.7 Å². The summed E-state index contributed by atoms with van der Waals surface area (Å²) in [5.74, 6) is 0.718. The minimum Gasteiger partial charge on any atom is -0.488 e. The standard InChI is InChI=1S/C15H15F3N2O.C2H8N2/c16-15(17,18)11-7-5-10(6-8-11)9-21-13-4-2-1-3-12(13)14(19)20;1-4-2-3/h1-2,4-8H,3,9,19-20H2;4H,2-3H2,1H3. The van der Waals surface area contributed by atoms with Gasteiger partial charge in [0.05, 0.1) is 5.56 Å². The van der Waals surface area contributed by atoms with E-state index >= 15 is 0 Å². The Morgan fingerprint density at radius 3 is 2.28 bits per heavy atom. The van der Waals surface area contributed by atoms with Gasteiger partial charge >= 0.3 is 6.18 Å². The zero-order chi connectivity index (χ0) is 18.9. The molecule has 1 aliphatic carbocycles. The molecule has 0 spiro atoms. The van der Waals surface area contributed by atoms with Crippen LogP contribution in [0.25, 0.3) is 0 Å². The molecule has 25 heavy (non-hydrogen) atoms. The number of hydrogen-bond acceptors (Lipinski definition) is 5. The summed E-state index contributed by atoms with van der Waals surface area (Å²) in [6, 6.07) is 4.83. The van der Waals surface area contributed by atoms with Crippen molar-refractivity contribution in [2.45, 2.75) is 19.2 Å². The van der Waals surface area contributed by atoms with E-state index in [9.17, 15) is 13.2 Å². The molecule has 5 nitrogen and oxygen atoms in total. The van der Waals surface area contributed by atoms with E-state index in [1.807, 2.05) is 12.2 Å². The number of nitrogens with two attached hydrogens (primary N) is 3. The van der Waals surface area contributed by atoms with Gasteiger partial charge in [0, 0.05) is 12.2 Å². The first-order valence-corrected chi connectivity index (χ1v) is 7.54. The normalized spacial score (nSPS) is 13.6. The van der Waals surface area contributed by atoms with Crippen molar-refractivity contribution in [3.05, 3.63) is 70.8 Å². The lowest BCUT2D eigenvalue weighted by Gasteiger charge is -2.16. The van der Waals surface area contributed by atoms with Gasteiger partial charge in [-0.2, -0.15) is 13.2 Å². The molecule has 0 radical (unpaired) electrons. The van der Waals surface area contributed by atoms with E-state index in [-0.39, 0.29) is 12.4 Å². The Bertz CT molecular complexity index is 628. The maximum Gasteiger partial charge on any atom is 0.416 e. The second-order valence-corrected chi connectivity index (χ2v) is 5.14. The average molecular weight is 356 g/mol. The van der Waals surface area contributed by atoms with Crippen LogP contribution in [-0.2, 0) is 17.5 Å². The minimum atomic E-state index is -4.33. The zero-order valence-electron chi connectivity index (χ0n) is 13.9. The number of allylic oxidation sites excluding steroid dienone is 4. The summed E-state index contributed by atoms with van der Waals surface area (Å²) in [5.41, 5.74) is 16.7. The van der Waals surface area contributed by atoms with Crippen LogP contribution in [0.3, 0.4) is 0 Å². The van der Waals surface area contributed by atoms with Crippen LogP contribution >= 0.6 is 0 Å². The smallest absolute Gasteiger partial charge is 0.416 e. The van der Waals surface area contributed by atoms with Gasteiger partial charge in [-0.05, 0) is 37.2 Å². The highest BCUT2D eigenvalue weighted by Crippen LogP contribution is 2.29. The molecular weight excluding hydrogens is 333 g/mol. The average Bonchev–Trinajstić information content (AvgIpc) is 2.60. The van der Waals surface area contributed by atoms with Gasteiger partial charge < -0.3 is 27.3 Å². The van der Waals surface area contributed by atoms with Gasteiger partial charge in [-0.1, -0.05) is 24.3 Å². The SMILES string of the molecule is CNCN.NC(N)=C1CC=CC=C1OCc1ccc(C(F)(F)F)cc1. The van der Waals surface area contributed by atoms with E-state index in [0.717, 1.165) is 12.1 Å². The van der Waals surface area contributed by atoms with E-state index in [4.69, 9.17) is 21.9 Å². The summed E-state index contributed by atoms with van der Waals surface area (Å²) in [7, 11) is 1.81. The number of hydrogen-bond donors (Lipinski definition) is 4. The van der Waals surface area contributed by atoms with Crippen LogP contribution in [0.5, 0.6) is 0 Å². The Morgan fingerprint density at radius 1 is 1.20 bits per heavy atom. The molecule has 1 aliphatic rings. The molecule has 0 saturated heterocycles. The Balaban J connectivity index is 0.000000705. The molecule has 0 aromatic heterocycles. The number of ether oxygens (including phenoxy) is 1. The fourth-order valence-electron chi connectivity index (χ4n) is 1.89. The topological polar surface area (TPSA) is 99.3 Å². The molecule has 0 fully saturated rings. The molecule has 1 aromatic carbocycles. The first-order valence-electron chi connectivity index (χ1n) is 7.54. The van der Waals surface area contributed by atoms with Crippen molar-refractivity contribution in [3.8, 4) is 0 Å². The van der Waals surface area contributed by atoms with Gasteiger partial charge in [0.1, 0.15) is 18.2 Å². The van der Waals surface area contributed by atoms with Crippen LogP contribution in [0.1, 0.15) is 17.5 Å². The lowest BCUT2D eigenvalue weighted by atomic mass is 10.1. The summed E-state index contributed by atoms with van der Waals surface area (Å²) in [6.07, 6.45) is 1.67. The third kappa shape index (κ3) is 6.90. The maximum absolute atomic E-state index is 12.5. The Kier molecular flexibility index (Phi) is 8.03. The highest BCUT2D eigenvalue weighted by atomic mass is 19.4. The van der Waals surface area contributed by atoms with Crippen molar-refractivity contribution in [1.82, 2.24) is 5.32 Å². The maximum atomic E-state index is 12.5. The summed E-state index contributed by atoms with van der Waals surface area (Å²) in [5, 5.41) is 2.71. The van der Waals surface area contributed by atoms with Crippen LogP contribution in [0, 0.1) is 0 Å². The van der Waals surface area contributed by atoms with Gasteiger partial charge in [0.2, 0.25) is 0 Å². The van der Waals surface area contributed by atoms with E-state index in [1.54, 1.807) is 13.1 Å². The molecule has 8 heteroatoms. The van der Waals surface area contributed by atoms with Gasteiger partial charge in [-0.15, -0.1) is 0 Å². The lowest BCUT2D eigenvalue weighted by molar-refractivity contribution is -0.137. The quantitative estimate of drug-likeness (QED) is 0.621. The predicted octanol–water partition coefficient (Wildman–Crippen LogP) is 2.32. The summed E-state index contributed by atoms with van der Waals surface area (Å²) in [6.45, 7) is 0.717. The number of rotatable bonds is 4. The molecule has 0 aliphatic heterocycles. The van der Waals surface area contributed by atoms with Crippen molar-refractivity contribution in [1.29, 1.82) is 0 Å². The fourth-order valence-corrected chi connectivity index (χ4v) is 1.89. The Hall–Kier alpha value is -2.45. The molecule has 0 saturated carbocycles. The van der Waals surface area contributed by atoms with Gasteiger partial charge in [-0.3, -0.25) is 0 Å². The summed E-state index contributed by atoms with van der Waals surface area (Å²) >= 11 is 0. The minimum absolute atomic E-state index is 0.147. The highest BCUT2D eigenvalue weighted by Gasteiger charge is 2.29. The fraction of sp³-hybridized carbons (Fsp3) is 0.294. The van der Waals surface area contributed by atoms with Crippen LogP contribution in [0.15, 0.2) is 59.6 Å². The summed E-state index contributed by atoms with van der Waals surface area (Å²) < 4.78 is 42.9. The van der Waals surface area contributed by atoms with Crippen LogP contribution < -0.4 is 22.5 Å². The van der Waals surface area contributed by atoms with E-state index in [1.165, 1.54) is 12.1 Å². The highest BCUT2D eigenvalue weighted by molar-refractivity contribution is 5.37. The lowest BCUT2D eigenvalue weighted by Crippen LogP contribution is -2.15. The van der Waals surface area contributed by atoms with E-state index in [2.05, 4.69) is 5.32 Å². The third-order valence-electron chi connectivity index (χ3n) is 3.23. The molecule has 0 atom stereocenters. The molecule has 138 valence electrons. The van der Waals surface area contributed by atoms with Crippen molar-refractivity contribution in [3.63, 3.8) is 0 Å². The van der Waals surface area contributed by atoms with Gasteiger partial charge in [0.15, 0.2) is 0 Å². The second kappa shape index (κ2) is 9.75. The number of nitrogens with one attached hydrogen (secondary N) is 1. The van der Waals surface area contributed by atoms with Crippen molar-refractivity contribution >= 4 is 0 Å². The first kappa shape index (κ1) is 20.6. The zero-order valence-corrected chi connectivity index (χ0v) is 13.9. The van der Waals surface area contributed by atoms with Crippen LogP contribution in [-0.4, -0.2) is 13.7 Å². The number of benzene rings is 1. The first-order chi connectivity index (χ1) is 11.8. The summed E-state index contributed by atoms with van der Waals surface area (Å²) in [4.78, 5) is 0. The Labute approximate surface area is 145 Å². The van der Waals surface area contributed by atoms with Crippen LogP contribution in [0.2, 0.25) is 0 Å². The second-order valence-electron chi connectivity index (χ2n) is 5.14. The molecule has 2 rings (SSSR count). The number of halogens is 3. The van der Waals surface area contributed by atoms with Gasteiger partial charge in [-0.25, -0.2) is 0 Å². The predicted molar refractivity (Wildman–Crippen MR) is 91.6 cm³/mol. The number of alkyl halides is 3. The largest absolute Gasteiger partial charge is 0.488 e. The monoisotopic (exact) mass is 356 g/mol. The molecule has 0 unspecified atom stereocenters. The van der Waals surface area contributed by atoms with E-state index < -0.39 is 11.7 Å². The van der Waals surface area contributed by atoms with Crippen LogP contribution in [0.4, 0.5) is 13.2 Å². The molecule has 7 N–H and O–H groups in total. The molecule has 0 bridgehead atoms. The molecule has 1 aromatic rings. The van der Waals surface area contributed by atoms with Crippen molar-refractivity contribution in [2.24, 2.45) is 17.2 Å².